The number of benzene rings is 1. The summed E-state index contributed by atoms with van der Waals surface area (Å²) in [6, 6.07) is 7.43. The minimum Gasteiger partial charge on any atom is -0.508 e. The Hall–Kier alpha value is -1.06. The molecule has 0 heterocycles. The Balaban J connectivity index is 1.88. The Bertz CT molecular complexity index is 380. The van der Waals surface area contributed by atoms with E-state index >= 15 is 0 Å². The van der Waals surface area contributed by atoms with E-state index in [2.05, 4.69) is 12.2 Å². The smallest absolute Gasteiger partial charge is 0.115 e. The molecule has 0 spiro atoms. The van der Waals surface area contributed by atoms with Gasteiger partial charge in [0.15, 0.2) is 0 Å². The van der Waals surface area contributed by atoms with Crippen molar-refractivity contribution >= 4 is 0 Å². The third kappa shape index (κ3) is 4.22. The number of nitrogens with one attached hydrogen (secondary N) is 1. The molecule has 3 heteroatoms. The number of phenols is 1. The van der Waals surface area contributed by atoms with E-state index in [1.807, 2.05) is 12.1 Å². The van der Waals surface area contributed by atoms with Gasteiger partial charge < -0.3 is 15.5 Å². The Morgan fingerprint density at radius 3 is 2.26 bits per heavy atom. The number of hydrogen-bond acceptors (Lipinski definition) is 3. The average Bonchev–Trinajstić information content (AvgIpc) is 2.62. The fourth-order valence-corrected chi connectivity index (χ4v) is 2.79. The summed E-state index contributed by atoms with van der Waals surface area (Å²) >= 11 is 0. The van der Waals surface area contributed by atoms with Gasteiger partial charge in [-0.1, -0.05) is 37.8 Å². The third-order valence-electron chi connectivity index (χ3n) is 4.16. The zero-order valence-corrected chi connectivity index (χ0v) is 11.7. The molecule has 3 nitrogen and oxygen atoms in total. The van der Waals surface area contributed by atoms with E-state index in [4.69, 9.17) is 0 Å². The Labute approximate surface area is 115 Å². The monoisotopic (exact) mass is 263 g/mol. The minimum absolute atomic E-state index is 0.188. The molecular formula is C16H25NO2. The Morgan fingerprint density at radius 1 is 1.11 bits per heavy atom. The van der Waals surface area contributed by atoms with Gasteiger partial charge in [0.25, 0.3) is 0 Å². The highest BCUT2D eigenvalue weighted by molar-refractivity contribution is 5.27. The normalized spacial score (nSPS) is 20.7. The first kappa shape index (κ1) is 14.4. The molecule has 0 radical (unpaired) electrons. The van der Waals surface area contributed by atoms with Crippen LogP contribution < -0.4 is 5.32 Å². The summed E-state index contributed by atoms with van der Waals surface area (Å²) in [5.41, 5.74) is 0.594. The topological polar surface area (TPSA) is 52.5 Å². The lowest BCUT2D eigenvalue weighted by Crippen LogP contribution is -2.41. The zero-order chi connectivity index (χ0) is 13.7. The first-order valence-corrected chi connectivity index (χ1v) is 7.34. The molecule has 0 amide bonds. The van der Waals surface area contributed by atoms with Crippen LogP contribution in [0.15, 0.2) is 24.3 Å². The van der Waals surface area contributed by atoms with Crippen LogP contribution in [0.5, 0.6) is 5.75 Å². The Kier molecular flexibility index (Phi) is 4.83. The highest BCUT2D eigenvalue weighted by Crippen LogP contribution is 2.27. The fraction of sp³-hybridized carbons (Fsp3) is 0.625. The van der Waals surface area contributed by atoms with Gasteiger partial charge in [-0.25, -0.2) is 0 Å². The molecule has 1 aliphatic carbocycles. The predicted octanol–water partition coefficient (Wildman–Crippen LogP) is 3.13. The van der Waals surface area contributed by atoms with Crippen LogP contribution in [0.4, 0.5) is 0 Å². The molecule has 0 aromatic heterocycles. The molecule has 1 fully saturated rings. The lowest BCUT2D eigenvalue weighted by molar-refractivity contribution is 0.0231. The van der Waals surface area contributed by atoms with Crippen molar-refractivity contribution in [2.45, 2.75) is 57.1 Å². The molecule has 0 saturated heterocycles. The van der Waals surface area contributed by atoms with Crippen LogP contribution in [0.25, 0.3) is 0 Å². The third-order valence-corrected chi connectivity index (χ3v) is 4.16. The van der Waals surface area contributed by atoms with Crippen LogP contribution in [0.1, 0.15) is 57.1 Å². The second kappa shape index (κ2) is 6.40. The first-order valence-electron chi connectivity index (χ1n) is 7.34. The lowest BCUT2D eigenvalue weighted by Gasteiger charge is -2.29. The van der Waals surface area contributed by atoms with Crippen LogP contribution >= 0.6 is 0 Å². The summed E-state index contributed by atoms with van der Waals surface area (Å²) in [6.45, 7) is 2.74. The Morgan fingerprint density at radius 2 is 1.68 bits per heavy atom. The number of rotatable bonds is 4. The average molecular weight is 263 g/mol. The van der Waals surface area contributed by atoms with Crippen molar-refractivity contribution in [2.24, 2.45) is 0 Å². The maximum atomic E-state index is 10.6. The molecule has 106 valence electrons. The molecule has 1 aromatic rings. The van der Waals surface area contributed by atoms with Crippen molar-refractivity contribution in [1.82, 2.24) is 5.32 Å². The van der Waals surface area contributed by atoms with E-state index in [0.717, 1.165) is 31.2 Å². The maximum Gasteiger partial charge on any atom is 0.115 e. The molecular weight excluding hydrogens is 238 g/mol. The van der Waals surface area contributed by atoms with Crippen molar-refractivity contribution in [1.29, 1.82) is 0 Å². The first-order chi connectivity index (χ1) is 9.09. The zero-order valence-electron chi connectivity index (χ0n) is 11.7. The number of hydrogen-bond donors (Lipinski definition) is 3. The van der Waals surface area contributed by atoms with Gasteiger partial charge in [-0.05, 0) is 37.5 Å². The second-order valence-electron chi connectivity index (χ2n) is 5.83. The van der Waals surface area contributed by atoms with Gasteiger partial charge in [0.2, 0.25) is 0 Å². The van der Waals surface area contributed by atoms with E-state index in [-0.39, 0.29) is 6.04 Å². The van der Waals surface area contributed by atoms with Crippen LogP contribution in [0.3, 0.4) is 0 Å². The second-order valence-corrected chi connectivity index (χ2v) is 5.83. The molecule has 1 atom stereocenters. The van der Waals surface area contributed by atoms with Crippen molar-refractivity contribution in [3.63, 3.8) is 0 Å². The molecule has 19 heavy (non-hydrogen) atoms. The molecule has 1 saturated carbocycles. The molecule has 1 aromatic carbocycles. The summed E-state index contributed by atoms with van der Waals surface area (Å²) in [6.07, 6.45) is 6.56. The van der Waals surface area contributed by atoms with E-state index in [1.54, 1.807) is 12.1 Å². The maximum absolute atomic E-state index is 10.6. The molecule has 1 aliphatic rings. The van der Waals surface area contributed by atoms with Gasteiger partial charge in [-0.3, -0.25) is 0 Å². The van der Waals surface area contributed by atoms with Crippen molar-refractivity contribution in [2.75, 3.05) is 6.54 Å². The van der Waals surface area contributed by atoms with Gasteiger partial charge >= 0.3 is 0 Å². The van der Waals surface area contributed by atoms with E-state index in [0.29, 0.717) is 12.3 Å². The van der Waals surface area contributed by atoms with Gasteiger partial charge in [0.05, 0.1) is 5.60 Å². The summed E-state index contributed by atoms with van der Waals surface area (Å²) in [4.78, 5) is 0. The molecule has 2 rings (SSSR count). The molecule has 0 bridgehead atoms. The van der Waals surface area contributed by atoms with Crippen LogP contribution in [0.2, 0.25) is 0 Å². The quantitative estimate of drug-likeness (QED) is 0.732. The van der Waals surface area contributed by atoms with Gasteiger partial charge in [0.1, 0.15) is 5.75 Å². The van der Waals surface area contributed by atoms with Crippen molar-refractivity contribution < 1.29 is 10.2 Å². The van der Waals surface area contributed by atoms with E-state index in [1.165, 1.54) is 12.8 Å². The largest absolute Gasteiger partial charge is 0.508 e. The lowest BCUT2D eigenvalue weighted by atomic mass is 9.94. The van der Waals surface area contributed by atoms with Crippen LogP contribution in [0, 0.1) is 0 Å². The number of aliphatic hydroxyl groups is 1. The number of aromatic hydroxyl groups is 1. The van der Waals surface area contributed by atoms with Gasteiger partial charge in [0, 0.05) is 12.6 Å². The standard InChI is InChI=1S/C16H25NO2/c1-13(14-6-8-15(18)9-7-14)17-12-16(19)10-4-2-3-5-11-16/h6-9,13,17-19H,2-5,10-12H2,1H3. The van der Waals surface area contributed by atoms with Gasteiger partial charge in [-0.15, -0.1) is 0 Å². The van der Waals surface area contributed by atoms with Crippen LogP contribution in [-0.4, -0.2) is 22.4 Å². The van der Waals surface area contributed by atoms with Crippen LogP contribution in [-0.2, 0) is 0 Å². The van der Waals surface area contributed by atoms with Crippen molar-refractivity contribution in [3.05, 3.63) is 29.8 Å². The molecule has 3 N–H and O–H groups in total. The SMILES string of the molecule is CC(NCC1(O)CCCCCC1)c1ccc(O)cc1. The summed E-state index contributed by atoms with van der Waals surface area (Å²) in [7, 11) is 0. The van der Waals surface area contributed by atoms with E-state index in [9.17, 15) is 10.2 Å². The fourth-order valence-electron chi connectivity index (χ4n) is 2.79. The predicted molar refractivity (Wildman–Crippen MR) is 77.2 cm³/mol. The summed E-state index contributed by atoms with van der Waals surface area (Å²) in [5.74, 6) is 0.290. The van der Waals surface area contributed by atoms with Gasteiger partial charge in [-0.2, -0.15) is 0 Å². The number of phenolic OH excluding ortho intramolecular Hbond substituents is 1. The molecule has 0 aliphatic heterocycles. The highest BCUT2D eigenvalue weighted by Gasteiger charge is 2.28. The minimum atomic E-state index is -0.540. The van der Waals surface area contributed by atoms with E-state index < -0.39 is 5.60 Å². The summed E-state index contributed by atoms with van der Waals surface area (Å²) in [5, 5.41) is 23.3. The molecule has 1 unspecified atom stereocenters. The highest BCUT2D eigenvalue weighted by atomic mass is 16.3. The van der Waals surface area contributed by atoms with Crippen molar-refractivity contribution in [3.8, 4) is 5.75 Å². The summed E-state index contributed by atoms with van der Waals surface area (Å²) < 4.78 is 0.